The van der Waals surface area contributed by atoms with E-state index in [-0.39, 0.29) is 24.2 Å². The van der Waals surface area contributed by atoms with Crippen LogP contribution in [0.2, 0.25) is 5.02 Å². The first-order chi connectivity index (χ1) is 9.44. The molecule has 1 fully saturated rings. The number of rotatable bonds is 6. The van der Waals surface area contributed by atoms with E-state index in [1.165, 1.54) is 0 Å². The second kappa shape index (κ2) is 6.76. The number of aliphatic hydroxyl groups excluding tert-OH is 1. The first-order valence-electron chi connectivity index (χ1n) is 6.45. The summed E-state index contributed by atoms with van der Waals surface area (Å²) in [6.45, 7) is 0.460. The zero-order valence-electron chi connectivity index (χ0n) is 11.0. The molecule has 0 amide bonds. The topological polar surface area (TPSA) is 75.6 Å². The van der Waals surface area contributed by atoms with Crippen LogP contribution in [0.5, 0.6) is 5.75 Å². The molecule has 0 bridgehead atoms. The molecule has 0 aromatic heterocycles. The number of hydrogen-bond donors (Lipinski definition) is 2. The third-order valence-electron chi connectivity index (χ3n) is 3.13. The van der Waals surface area contributed by atoms with E-state index < -0.39 is 15.9 Å². The fourth-order valence-electron chi connectivity index (χ4n) is 2.04. The highest BCUT2D eigenvalue weighted by Gasteiger charge is 2.27. The molecule has 2 unspecified atom stereocenters. The van der Waals surface area contributed by atoms with Gasteiger partial charge in [0.15, 0.2) is 9.84 Å². The first-order valence-corrected chi connectivity index (χ1v) is 8.65. The molecule has 5 nitrogen and oxygen atoms in total. The van der Waals surface area contributed by atoms with Crippen LogP contribution in [0.25, 0.3) is 0 Å². The van der Waals surface area contributed by atoms with Gasteiger partial charge in [0.2, 0.25) is 0 Å². The van der Waals surface area contributed by atoms with Gasteiger partial charge in [-0.05, 0) is 30.7 Å². The minimum Gasteiger partial charge on any atom is -0.491 e. The van der Waals surface area contributed by atoms with Crippen molar-refractivity contribution in [3.63, 3.8) is 0 Å². The van der Waals surface area contributed by atoms with Gasteiger partial charge < -0.3 is 15.2 Å². The fraction of sp³-hybridized carbons (Fsp3) is 0.538. The Morgan fingerprint density at radius 1 is 1.40 bits per heavy atom. The Bertz CT molecular complexity index is 532. The van der Waals surface area contributed by atoms with Crippen LogP contribution in [0.3, 0.4) is 0 Å². The average molecular weight is 320 g/mol. The SMILES string of the molecule is O=S1(=O)CCC(NCC(O)COc2ccc(Cl)cc2)C1. The smallest absolute Gasteiger partial charge is 0.151 e. The van der Waals surface area contributed by atoms with Gasteiger partial charge in [-0.3, -0.25) is 0 Å². The van der Waals surface area contributed by atoms with E-state index in [0.29, 0.717) is 23.7 Å². The van der Waals surface area contributed by atoms with Crippen LogP contribution in [0, 0.1) is 0 Å². The lowest BCUT2D eigenvalue weighted by atomic mass is 10.2. The minimum absolute atomic E-state index is 0.0646. The third-order valence-corrected chi connectivity index (χ3v) is 5.15. The Balaban J connectivity index is 1.68. The van der Waals surface area contributed by atoms with E-state index in [4.69, 9.17) is 16.3 Å². The van der Waals surface area contributed by atoms with E-state index in [2.05, 4.69) is 5.32 Å². The van der Waals surface area contributed by atoms with Crippen molar-refractivity contribution in [2.24, 2.45) is 0 Å². The molecule has 1 heterocycles. The van der Waals surface area contributed by atoms with Crippen molar-refractivity contribution in [1.82, 2.24) is 5.32 Å². The third kappa shape index (κ3) is 4.94. The predicted octanol–water partition coefficient (Wildman–Crippen LogP) is 0.856. The largest absolute Gasteiger partial charge is 0.491 e. The maximum Gasteiger partial charge on any atom is 0.151 e. The number of benzene rings is 1. The second-order valence-electron chi connectivity index (χ2n) is 4.93. The first kappa shape index (κ1) is 15.6. The van der Waals surface area contributed by atoms with Crippen molar-refractivity contribution >= 4 is 21.4 Å². The summed E-state index contributed by atoms with van der Waals surface area (Å²) in [7, 11) is -2.89. The number of sulfone groups is 1. The van der Waals surface area contributed by atoms with Crippen LogP contribution in [-0.2, 0) is 9.84 Å². The van der Waals surface area contributed by atoms with Gasteiger partial charge in [0.25, 0.3) is 0 Å². The molecule has 20 heavy (non-hydrogen) atoms. The molecule has 112 valence electrons. The lowest BCUT2D eigenvalue weighted by Gasteiger charge is -2.16. The monoisotopic (exact) mass is 319 g/mol. The Hall–Kier alpha value is -0.820. The zero-order valence-corrected chi connectivity index (χ0v) is 12.5. The van der Waals surface area contributed by atoms with E-state index in [1.54, 1.807) is 24.3 Å². The van der Waals surface area contributed by atoms with Gasteiger partial charge in [-0.2, -0.15) is 0 Å². The van der Waals surface area contributed by atoms with Crippen molar-refractivity contribution in [2.45, 2.75) is 18.6 Å². The molecule has 0 aliphatic carbocycles. The summed E-state index contributed by atoms with van der Waals surface area (Å²) >= 11 is 5.76. The number of hydrogen-bond acceptors (Lipinski definition) is 5. The van der Waals surface area contributed by atoms with Crippen LogP contribution in [0.4, 0.5) is 0 Å². The van der Waals surface area contributed by atoms with E-state index >= 15 is 0 Å². The van der Waals surface area contributed by atoms with Crippen LogP contribution in [-0.4, -0.2) is 50.3 Å². The van der Waals surface area contributed by atoms with Crippen molar-refractivity contribution in [2.75, 3.05) is 24.7 Å². The standard InChI is InChI=1S/C13H18ClNO4S/c14-10-1-3-13(4-2-10)19-8-12(16)7-15-11-5-6-20(17,18)9-11/h1-4,11-12,15-16H,5-9H2. The number of nitrogens with one attached hydrogen (secondary N) is 1. The van der Waals surface area contributed by atoms with Gasteiger partial charge in [-0.15, -0.1) is 0 Å². The lowest BCUT2D eigenvalue weighted by Crippen LogP contribution is -2.38. The molecule has 1 aliphatic rings. The molecular weight excluding hydrogens is 302 g/mol. The summed E-state index contributed by atoms with van der Waals surface area (Å²) in [5.74, 6) is 1.01. The molecule has 2 atom stereocenters. The minimum atomic E-state index is -2.89. The molecule has 0 radical (unpaired) electrons. The molecule has 1 aromatic rings. The van der Waals surface area contributed by atoms with Crippen molar-refractivity contribution in [3.8, 4) is 5.75 Å². The van der Waals surface area contributed by atoms with Gasteiger partial charge in [-0.1, -0.05) is 11.6 Å². The summed E-state index contributed by atoms with van der Waals surface area (Å²) < 4.78 is 28.0. The van der Waals surface area contributed by atoms with Gasteiger partial charge in [0, 0.05) is 17.6 Å². The number of ether oxygens (including phenoxy) is 1. The lowest BCUT2D eigenvalue weighted by molar-refractivity contribution is 0.104. The van der Waals surface area contributed by atoms with E-state index in [9.17, 15) is 13.5 Å². The fourth-order valence-corrected chi connectivity index (χ4v) is 3.87. The maximum absolute atomic E-state index is 11.3. The Morgan fingerprint density at radius 2 is 2.10 bits per heavy atom. The molecule has 7 heteroatoms. The Kier molecular flexibility index (Phi) is 5.26. The highest BCUT2D eigenvalue weighted by molar-refractivity contribution is 7.91. The molecular formula is C13H18ClNO4S. The van der Waals surface area contributed by atoms with Gasteiger partial charge >= 0.3 is 0 Å². The second-order valence-corrected chi connectivity index (χ2v) is 7.59. The zero-order chi connectivity index (χ0) is 14.6. The molecule has 1 aromatic carbocycles. The Morgan fingerprint density at radius 3 is 2.70 bits per heavy atom. The van der Waals surface area contributed by atoms with Crippen LogP contribution in [0.15, 0.2) is 24.3 Å². The molecule has 2 rings (SSSR count). The van der Waals surface area contributed by atoms with Crippen LogP contribution < -0.4 is 10.1 Å². The van der Waals surface area contributed by atoms with E-state index in [0.717, 1.165) is 0 Å². The molecule has 1 saturated heterocycles. The molecule has 2 N–H and O–H groups in total. The van der Waals surface area contributed by atoms with Crippen LogP contribution >= 0.6 is 11.6 Å². The molecule has 0 spiro atoms. The van der Waals surface area contributed by atoms with Gasteiger partial charge in [0.1, 0.15) is 18.5 Å². The highest BCUT2D eigenvalue weighted by Crippen LogP contribution is 2.15. The summed E-state index contributed by atoms with van der Waals surface area (Å²) in [6, 6.07) is 6.82. The summed E-state index contributed by atoms with van der Waals surface area (Å²) in [4.78, 5) is 0. The normalized spacial score (nSPS) is 22.6. The van der Waals surface area contributed by atoms with Gasteiger partial charge in [0.05, 0.1) is 11.5 Å². The van der Waals surface area contributed by atoms with Crippen molar-refractivity contribution in [1.29, 1.82) is 0 Å². The number of aliphatic hydroxyl groups is 1. The summed E-state index contributed by atoms with van der Waals surface area (Å²) in [6.07, 6.45) is -0.0819. The van der Waals surface area contributed by atoms with Crippen LogP contribution in [0.1, 0.15) is 6.42 Å². The highest BCUT2D eigenvalue weighted by atomic mass is 35.5. The molecule has 1 aliphatic heterocycles. The summed E-state index contributed by atoms with van der Waals surface area (Å²) in [5, 5.41) is 13.5. The molecule has 0 saturated carbocycles. The quantitative estimate of drug-likeness (QED) is 0.813. The van der Waals surface area contributed by atoms with Crippen molar-refractivity contribution in [3.05, 3.63) is 29.3 Å². The predicted molar refractivity (Wildman–Crippen MR) is 78.0 cm³/mol. The van der Waals surface area contributed by atoms with E-state index in [1.807, 2.05) is 0 Å². The summed E-state index contributed by atoms with van der Waals surface area (Å²) in [5.41, 5.74) is 0. The maximum atomic E-state index is 11.3. The van der Waals surface area contributed by atoms with Gasteiger partial charge in [-0.25, -0.2) is 8.42 Å². The van der Waals surface area contributed by atoms with Crippen molar-refractivity contribution < 1.29 is 18.3 Å². The Labute approximate surface area is 123 Å². The average Bonchev–Trinajstić information content (AvgIpc) is 2.75. The number of halogens is 1.